The Bertz CT molecular complexity index is 1780. The molecule has 1 saturated heterocycles. The molecule has 0 atom stereocenters. The molecule has 0 radical (unpaired) electrons. The van der Waals surface area contributed by atoms with E-state index < -0.39 is 10.0 Å². The highest BCUT2D eigenvalue weighted by Gasteiger charge is 2.29. The van der Waals surface area contributed by atoms with Crippen molar-refractivity contribution >= 4 is 38.9 Å². The van der Waals surface area contributed by atoms with E-state index >= 15 is 0 Å². The van der Waals surface area contributed by atoms with Gasteiger partial charge < -0.3 is 4.90 Å². The maximum atomic E-state index is 13.1. The third-order valence-corrected chi connectivity index (χ3v) is 10.3. The Morgan fingerprint density at radius 3 is 2.19 bits per heavy atom. The lowest BCUT2D eigenvalue weighted by Gasteiger charge is -2.35. The molecule has 4 aromatic rings. The standard InChI is InChI=1S/C32H32N6O3S2/c1-35(2)43(40,41)28-15-13-25(14-16-28)30-26(23-38(34-30)27-11-7-4-8-12-27)21-29-31(39)33-32(42-29)37-19-17-36(18-20-37)22-24-9-5-3-6-10-24/h3-16,21,23H,17-20,22H2,1-2H3. The van der Waals surface area contributed by atoms with Gasteiger partial charge in [-0.3, -0.25) is 9.69 Å². The van der Waals surface area contributed by atoms with Crippen LogP contribution in [-0.4, -0.2) is 83.7 Å². The topological polar surface area (TPSA) is 91.1 Å². The van der Waals surface area contributed by atoms with Crippen LogP contribution < -0.4 is 0 Å². The van der Waals surface area contributed by atoms with Crippen molar-refractivity contribution < 1.29 is 13.2 Å². The summed E-state index contributed by atoms with van der Waals surface area (Å²) in [5.41, 5.74) is 4.29. The van der Waals surface area contributed by atoms with Crippen molar-refractivity contribution in [2.45, 2.75) is 11.4 Å². The van der Waals surface area contributed by atoms with Gasteiger partial charge in [-0.1, -0.05) is 60.7 Å². The van der Waals surface area contributed by atoms with Gasteiger partial charge in [-0.25, -0.2) is 17.4 Å². The van der Waals surface area contributed by atoms with Crippen molar-refractivity contribution in [2.24, 2.45) is 4.99 Å². The van der Waals surface area contributed by atoms with E-state index in [1.807, 2.05) is 48.7 Å². The molecule has 0 spiro atoms. The van der Waals surface area contributed by atoms with Crippen molar-refractivity contribution in [2.75, 3.05) is 40.3 Å². The summed E-state index contributed by atoms with van der Waals surface area (Å²) in [5, 5.41) is 5.56. The molecular weight excluding hydrogens is 581 g/mol. The summed E-state index contributed by atoms with van der Waals surface area (Å²) in [6.07, 6.45) is 3.72. The van der Waals surface area contributed by atoms with Gasteiger partial charge in [-0.05, 0) is 47.7 Å². The van der Waals surface area contributed by atoms with Crippen molar-refractivity contribution in [3.8, 4) is 16.9 Å². The van der Waals surface area contributed by atoms with Crippen molar-refractivity contribution in [3.63, 3.8) is 0 Å². The van der Waals surface area contributed by atoms with E-state index in [9.17, 15) is 13.2 Å². The summed E-state index contributed by atoms with van der Waals surface area (Å²) in [6, 6.07) is 26.8. The minimum atomic E-state index is -3.56. The van der Waals surface area contributed by atoms with Crippen molar-refractivity contribution in [1.82, 2.24) is 23.9 Å². The van der Waals surface area contributed by atoms with Gasteiger partial charge in [-0.2, -0.15) is 10.1 Å². The summed E-state index contributed by atoms with van der Waals surface area (Å²) in [6.45, 7) is 4.32. The Morgan fingerprint density at radius 2 is 1.53 bits per heavy atom. The molecular formula is C32H32N6O3S2. The first-order valence-electron chi connectivity index (χ1n) is 14.0. The minimum Gasteiger partial charge on any atom is -0.348 e. The number of carbonyl (C=O) groups is 1. The fourth-order valence-electron chi connectivity index (χ4n) is 5.04. The summed E-state index contributed by atoms with van der Waals surface area (Å²) in [7, 11) is -0.549. The first-order chi connectivity index (χ1) is 20.8. The third kappa shape index (κ3) is 6.35. The molecule has 220 valence electrons. The van der Waals surface area contributed by atoms with Gasteiger partial charge in [0.05, 0.1) is 21.2 Å². The first kappa shape index (κ1) is 29.1. The highest BCUT2D eigenvalue weighted by atomic mass is 32.2. The Hall–Kier alpha value is -4.03. The number of hydrogen-bond acceptors (Lipinski definition) is 7. The lowest BCUT2D eigenvalue weighted by Crippen LogP contribution is -2.47. The number of sulfonamides is 1. The van der Waals surface area contributed by atoms with Crippen LogP contribution in [0.4, 0.5) is 0 Å². The molecule has 43 heavy (non-hydrogen) atoms. The molecule has 6 rings (SSSR count). The zero-order valence-electron chi connectivity index (χ0n) is 24.0. The fraction of sp³-hybridized carbons (Fsp3) is 0.219. The van der Waals surface area contributed by atoms with Gasteiger partial charge >= 0.3 is 0 Å². The summed E-state index contributed by atoms with van der Waals surface area (Å²) < 4.78 is 28.2. The third-order valence-electron chi connectivity index (χ3n) is 7.46. The molecule has 0 aliphatic carbocycles. The van der Waals surface area contributed by atoms with Gasteiger partial charge in [0.25, 0.3) is 5.91 Å². The second-order valence-corrected chi connectivity index (χ2v) is 13.7. The number of rotatable bonds is 7. The molecule has 9 nitrogen and oxygen atoms in total. The Kier molecular flexibility index (Phi) is 8.31. The molecule has 11 heteroatoms. The first-order valence-corrected chi connectivity index (χ1v) is 16.3. The molecule has 3 aromatic carbocycles. The van der Waals surface area contributed by atoms with Crippen LogP contribution in [-0.2, 0) is 21.4 Å². The van der Waals surface area contributed by atoms with Gasteiger partial charge in [0.15, 0.2) is 5.17 Å². The van der Waals surface area contributed by atoms with Crippen LogP contribution >= 0.6 is 11.8 Å². The van der Waals surface area contributed by atoms with Crippen LogP contribution in [0, 0.1) is 0 Å². The summed E-state index contributed by atoms with van der Waals surface area (Å²) >= 11 is 1.39. The van der Waals surface area contributed by atoms with E-state index in [0.29, 0.717) is 10.6 Å². The molecule has 2 aliphatic heterocycles. The van der Waals surface area contributed by atoms with Gasteiger partial charge in [0, 0.05) is 64.1 Å². The summed E-state index contributed by atoms with van der Waals surface area (Å²) in [5.74, 6) is -0.266. The van der Waals surface area contributed by atoms with Gasteiger partial charge in [0.1, 0.15) is 0 Å². The SMILES string of the molecule is CN(C)S(=O)(=O)c1ccc(-c2nn(-c3ccccc3)cc2C=C2SC(N3CCN(Cc4ccccc4)CC3)=NC2=O)cc1. The highest BCUT2D eigenvalue weighted by Crippen LogP contribution is 2.34. The molecule has 2 aliphatic rings. The summed E-state index contributed by atoms with van der Waals surface area (Å²) in [4.78, 5) is 22.8. The fourth-order valence-corrected chi connectivity index (χ4v) is 6.90. The molecule has 1 fully saturated rings. The number of amides is 1. The quantitative estimate of drug-likeness (QED) is 0.282. The number of aromatic nitrogens is 2. The maximum Gasteiger partial charge on any atom is 0.286 e. The number of nitrogens with zero attached hydrogens (tertiary/aromatic N) is 6. The zero-order chi connectivity index (χ0) is 30.0. The number of benzene rings is 3. The number of para-hydroxylation sites is 1. The number of aliphatic imine (C=N–C) groups is 1. The molecule has 1 aromatic heterocycles. The van der Waals surface area contributed by atoms with Crippen molar-refractivity contribution in [1.29, 1.82) is 0 Å². The zero-order valence-corrected chi connectivity index (χ0v) is 25.6. The molecule has 0 unspecified atom stereocenters. The largest absolute Gasteiger partial charge is 0.348 e. The van der Waals surface area contributed by atoms with Crippen LogP contribution in [0.1, 0.15) is 11.1 Å². The molecule has 0 N–H and O–H groups in total. The van der Waals surface area contributed by atoms with E-state index in [0.717, 1.165) is 54.7 Å². The Morgan fingerprint density at radius 1 is 0.884 bits per heavy atom. The molecule has 0 saturated carbocycles. The second kappa shape index (κ2) is 12.3. The van der Waals surface area contributed by atoms with Crippen LogP contribution in [0.3, 0.4) is 0 Å². The molecule has 1 amide bonds. The Labute approximate surface area is 256 Å². The average Bonchev–Trinajstić information content (AvgIpc) is 3.62. The van der Waals surface area contributed by atoms with Crippen LogP contribution in [0.5, 0.6) is 0 Å². The minimum absolute atomic E-state index is 0.201. The monoisotopic (exact) mass is 612 g/mol. The number of amidine groups is 1. The van der Waals surface area contributed by atoms with Gasteiger partial charge in [-0.15, -0.1) is 0 Å². The number of piperazine rings is 1. The van der Waals surface area contributed by atoms with E-state index in [1.54, 1.807) is 28.9 Å². The number of hydrogen-bond donors (Lipinski definition) is 0. The van der Waals surface area contributed by atoms with E-state index in [1.165, 1.54) is 35.7 Å². The van der Waals surface area contributed by atoms with Crippen LogP contribution in [0.2, 0.25) is 0 Å². The molecule has 3 heterocycles. The highest BCUT2D eigenvalue weighted by molar-refractivity contribution is 8.18. The maximum absolute atomic E-state index is 13.1. The predicted octanol–water partition coefficient (Wildman–Crippen LogP) is 4.58. The van der Waals surface area contributed by atoms with E-state index in [2.05, 4.69) is 39.1 Å². The number of thioether (sulfide) groups is 1. The van der Waals surface area contributed by atoms with E-state index in [4.69, 9.17) is 5.10 Å². The van der Waals surface area contributed by atoms with E-state index in [-0.39, 0.29) is 10.8 Å². The lowest BCUT2D eigenvalue weighted by molar-refractivity contribution is -0.113. The van der Waals surface area contributed by atoms with Crippen LogP contribution in [0.25, 0.3) is 23.0 Å². The van der Waals surface area contributed by atoms with Crippen LogP contribution in [0.15, 0.2) is 106 Å². The Balaban J connectivity index is 1.23. The lowest BCUT2D eigenvalue weighted by atomic mass is 10.1. The van der Waals surface area contributed by atoms with Crippen molar-refractivity contribution in [3.05, 3.63) is 107 Å². The normalized spacial score (nSPS) is 17.2. The number of carbonyl (C=O) groups excluding carboxylic acids is 1. The smallest absolute Gasteiger partial charge is 0.286 e. The predicted molar refractivity (Wildman–Crippen MR) is 171 cm³/mol. The second-order valence-electron chi connectivity index (χ2n) is 10.6. The van der Waals surface area contributed by atoms with Gasteiger partial charge in [0.2, 0.25) is 10.0 Å². The average molecular weight is 613 g/mol. The molecule has 0 bridgehead atoms.